The second kappa shape index (κ2) is 9.48. The smallest absolute Gasteiger partial charge is 0.194 e. The van der Waals surface area contributed by atoms with E-state index in [4.69, 9.17) is 4.99 Å². The number of thioether (sulfide) groups is 1. The van der Waals surface area contributed by atoms with E-state index in [2.05, 4.69) is 28.9 Å². The molecule has 2 aliphatic rings. The SMILES string of the molecule is CCNC(=NCC(C)(C)S(C)(=O)=O)N1CCSC2(CCCCC2)C1.I. The second-order valence-electron chi connectivity index (χ2n) is 7.72. The molecular weight excluding hydrogens is 469 g/mol. The number of nitrogens with zero attached hydrogens (tertiary/aromatic N) is 2. The van der Waals surface area contributed by atoms with Crippen molar-refractivity contribution < 1.29 is 8.42 Å². The lowest BCUT2D eigenvalue weighted by atomic mass is 9.87. The molecule has 148 valence electrons. The van der Waals surface area contributed by atoms with Gasteiger partial charge in [-0.2, -0.15) is 11.8 Å². The molecule has 2 rings (SSSR count). The molecule has 0 aromatic carbocycles. The standard InChI is InChI=1S/C17H33N3O2S2.HI/c1-5-18-15(19-13-16(2,3)24(4,21)22)20-11-12-23-17(14-20)9-7-6-8-10-17;/h5-14H2,1-4H3,(H,18,19);1H. The third-order valence-electron chi connectivity index (χ3n) is 5.26. The minimum Gasteiger partial charge on any atom is -0.357 e. The van der Waals surface area contributed by atoms with Gasteiger partial charge in [0.2, 0.25) is 0 Å². The summed E-state index contributed by atoms with van der Waals surface area (Å²) >= 11 is 2.13. The Morgan fingerprint density at radius 2 is 1.92 bits per heavy atom. The van der Waals surface area contributed by atoms with E-state index in [9.17, 15) is 8.42 Å². The molecule has 0 aromatic rings. The molecular formula is C17H34IN3O2S2. The van der Waals surface area contributed by atoms with Crippen molar-refractivity contribution in [2.24, 2.45) is 4.99 Å². The van der Waals surface area contributed by atoms with Gasteiger partial charge in [-0.1, -0.05) is 19.3 Å². The van der Waals surface area contributed by atoms with Gasteiger partial charge in [-0.3, -0.25) is 4.99 Å². The summed E-state index contributed by atoms with van der Waals surface area (Å²) in [5.74, 6) is 2.00. The van der Waals surface area contributed by atoms with Gasteiger partial charge in [0.15, 0.2) is 15.8 Å². The molecule has 0 radical (unpaired) electrons. The predicted octanol–water partition coefficient (Wildman–Crippen LogP) is 3.14. The molecule has 1 aliphatic heterocycles. The van der Waals surface area contributed by atoms with Gasteiger partial charge in [0.1, 0.15) is 0 Å². The fraction of sp³-hybridized carbons (Fsp3) is 0.941. The minimum absolute atomic E-state index is 0. The van der Waals surface area contributed by atoms with Crippen LogP contribution >= 0.6 is 35.7 Å². The van der Waals surface area contributed by atoms with Crippen LogP contribution in [0.1, 0.15) is 52.9 Å². The zero-order chi connectivity index (χ0) is 17.8. The maximum atomic E-state index is 11.9. The number of halogens is 1. The highest BCUT2D eigenvalue weighted by molar-refractivity contribution is 14.0. The van der Waals surface area contributed by atoms with Crippen molar-refractivity contribution >= 4 is 51.5 Å². The average molecular weight is 504 g/mol. The molecule has 25 heavy (non-hydrogen) atoms. The molecule has 1 saturated heterocycles. The zero-order valence-corrected chi connectivity index (χ0v) is 20.0. The van der Waals surface area contributed by atoms with Crippen LogP contribution in [0.25, 0.3) is 0 Å². The van der Waals surface area contributed by atoms with Crippen LogP contribution in [-0.4, -0.2) is 67.0 Å². The summed E-state index contributed by atoms with van der Waals surface area (Å²) in [5.41, 5.74) is 0. The molecule has 0 unspecified atom stereocenters. The molecule has 1 N–H and O–H groups in total. The first-order valence-electron chi connectivity index (χ1n) is 9.06. The van der Waals surface area contributed by atoms with Crippen molar-refractivity contribution in [1.29, 1.82) is 0 Å². The van der Waals surface area contributed by atoms with Crippen LogP contribution in [0.15, 0.2) is 4.99 Å². The van der Waals surface area contributed by atoms with E-state index in [0.717, 1.165) is 31.3 Å². The molecule has 0 amide bonds. The summed E-state index contributed by atoms with van der Waals surface area (Å²) in [4.78, 5) is 7.05. The maximum absolute atomic E-state index is 11.9. The molecule has 1 aliphatic carbocycles. The molecule has 1 spiro atoms. The monoisotopic (exact) mass is 503 g/mol. The molecule has 8 heteroatoms. The topological polar surface area (TPSA) is 61.8 Å². The van der Waals surface area contributed by atoms with Crippen molar-refractivity contribution in [3.05, 3.63) is 0 Å². The number of hydrogen-bond acceptors (Lipinski definition) is 4. The summed E-state index contributed by atoms with van der Waals surface area (Å²) in [6, 6.07) is 0. The molecule has 0 atom stereocenters. The number of sulfone groups is 1. The van der Waals surface area contributed by atoms with Gasteiger partial charge in [0, 0.05) is 36.4 Å². The maximum Gasteiger partial charge on any atom is 0.194 e. The van der Waals surface area contributed by atoms with Crippen LogP contribution < -0.4 is 5.32 Å². The van der Waals surface area contributed by atoms with Gasteiger partial charge in [-0.25, -0.2) is 8.42 Å². The van der Waals surface area contributed by atoms with Crippen LogP contribution in [-0.2, 0) is 9.84 Å². The van der Waals surface area contributed by atoms with Crippen LogP contribution in [0.4, 0.5) is 0 Å². The molecule has 0 bridgehead atoms. The van der Waals surface area contributed by atoms with E-state index in [0.29, 0.717) is 11.3 Å². The second-order valence-corrected chi connectivity index (χ2v) is 11.9. The number of rotatable bonds is 4. The summed E-state index contributed by atoms with van der Waals surface area (Å²) in [6.07, 6.45) is 7.90. The van der Waals surface area contributed by atoms with Crippen LogP contribution in [0.2, 0.25) is 0 Å². The first-order chi connectivity index (χ1) is 11.2. The fourth-order valence-corrected chi connectivity index (χ4v) is 5.20. The Bertz CT molecular complexity index is 553. The van der Waals surface area contributed by atoms with E-state index < -0.39 is 14.6 Å². The Balaban J connectivity index is 0.00000312. The molecule has 1 heterocycles. The van der Waals surface area contributed by atoms with Gasteiger partial charge in [-0.05, 0) is 33.6 Å². The molecule has 2 fully saturated rings. The minimum atomic E-state index is -3.13. The Kier molecular flexibility index (Phi) is 8.85. The third kappa shape index (κ3) is 6.16. The summed E-state index contributed by atoms with van der Waals surface area (Å²) in [6.45, 7) is 8.68. The van der Waals surface area contributed by atoms with E-state index in [1.165, 1.54) is 38.4 Å². The zero-order valence-electron chi connectivity index (χ0n) is 16.0. The van der Waals surface area contributed by atoms with E-state index in [1.54, 1.807) is 13.8 Å². The lowest BCUT2D eigenvalue weighted by Gasteiger charge is -2.45. The number of guanidine groups is 1. The lowest BCUT2D eigenvalue weighted by Crippen LogP contribution is -2.53. The van der Waals surface area contributed by atoms with Gasteiger partial charge < -0.3 is 10.2 Å². The van der Waals surface area contributed by atoms with Crippen molar-refractivity contribution in [2.75, 3.05) is 38.2 Å². The quantitative estimate of drug-likeness (QED) is 0.363. The van der Waals surface area contributed by atoms with Gasteiger partial charge in [-0.15, -0.1) is 24.0 Å². The number of hydrogen-bond donors (Lipinski definition) is 1. The van der Waals surface area contributed by atoms with Gasteiger partial charge >= 0.3 is 0 Å². The Morgan fingerprint density at radius 3 is 2.48 bits per heavy atom. The van der Waals surface area contributed by atoms with E-state index >= 15 is 0 Å². The summed E-state index contributed by atoms with van der Waals surface area (Å²) < 4.78 is 23.4. The highest BCUT2D eigenvalue weighted by Crippen LogP contribution is 2.42. The lowest BCUT2D eigenvalue weighted by molar-refractivity contribution is 0.293. The Hall–Kier alpha value is 0.300. The Morgan fingerprint density at radius 1 is 1.28 bits per heavy atom. The van der Waals surface area contributed by atoms with Crippen LogP contribution in [0.3, 0.4) is 0 Å². The summed E-state index contributed by atoms with van der Waals surface area (Å²) in [5, 5.41) is 3.37. The largest absolute Gasteiger partial charge is 0.357 e. The van der Waals surface area contributed by atoms with Crippen molar-refractivity contribution in [1.82, 2.24) is 10.2 Å². The van der Waals surface area contributed by atoms with Crippen molar-refractivity contribution in [2.45, 2.75) is 62.4 Å². The highest BCUT2D eigenvalue weighted by Gasteiger charge is 2.38. The highest BCUT2D eigenvalue weighted by atomic mass is 127. The average Bonchev–Trinajstić information content (AvgIpc) is 2.51. The Labute approximate surface area is 175 Å². The van der Waals surface area contributed by atoms with E-state index in [1.807, 2.05) is 0 Å². The number of nitrogens with one attached hydrogen (secondary N) is 1. The van der Waals surface area contributed by atoms with Crippen LogP contribution in [0.5, 0.6) is 0 Å². The molecule has 5 nitrogen and oxygen atoms in total. The molecule has 1 saturated carbocycles. The first kappa shape index (κ1) is 23.3. The van der Waals surface area contributed by atoms with E-state index in [-0.39, 0.29) is 24.0 Å². The predicted molar refractivity (Wildman–Crippen MR) is 120 cm³/mol. The van der Waals surface area contributed by atoms with Gasteiger partial charge in [0.05, 0.1) is 11.3 Å². The van der Waals surface area contributed by atoms with Crippen LogP contribution in [0, 0.1) is 0 Å². The third-order valence-corrected chi connectivity index (χ3v) is 8.93. The first-order valence-corrected chi connectivity index (χ1v) is 11.9. The fourth-order valence-electron chi connectivity index (χ4n) is 3.33. The van der Waals surface area contributed by atoms with Crippen molar-refractivity contribution in [3.8, 4) is 0 Å². The van der Waals surface area contributed by atoms with Gasteiger partial charge in [0.25, 0.3) is 0 Å². The normalized spacial score (nSPS) is 21.8. The summed E-state index contributed by atoms with van der Waals surface area (Å²) in [7, 11) is -3.13. The van der Waals surface area contributed by atoms with Crippen molar-refractivity contribution in [3.63, 3.8) is 0 Å². The molecule has 0 aromatic heterocycles. The number of aliphatic imine (C=N–C) groups is 1.